The monoisotopic (exact) mass is 469 g/mol. The van der Waals surface area contributed by atoms with Crippen molar-refractivity contribution in [3.8, 4) is 0 Å². The standard InChI is InChI=1S/C17H32ClN5.HI/c1-13(2)23(14(3)4)9-8-20-17(19-5)22(7)12-16-10-15(18)11-21(16)6;/h10-11,13-14H,8-9,12H2,1-7H3,(H,19,20);1H. The maximum atomic E-state index is 6.05. The van der Waals surface area contributed by atoms with Gasteiger partial charge in [-0.25, -0.2) is 0 Å². The van der Waals surface area contributed by atoms with Gasteiger partial charge < -0.3 is 14.8 Å². The van der Waals surface area contributed by atoms with Gasteiger partial charge in [0.2, 0.25) is 0 Å². The molecule has 0 atom stereocenters. The lowest BCUT2D eigenvalue weighted by molar-refractivity contribution is 0.178. The number of guanidine groups is 1. The molecule has 0 saturated carbocycles. The van der Waals surface area contributed by atoms with Crippen LogP contribution in [0.4, 0.5) is 0 Å². The largest absolute Gasteiger partial charge is 0.355 e. The first-order valence-electron chi connectivity index (χ1n) is 8.24. The van der Waals surface area contributed by atoms with E-state index in [4.69, 9.17) is 11.6 Å². The third kappa shape index (κ3) is 7.19. The molecule has 0 spiro atoms. The molecule has 1 rings (SSSR count). The summed E-state index contributed by atoms with van der Waals surface area (Å²) in [7, 11) is 5.87. The van der Waals surface area contributed by atoms with E-state index in [-0.39, 0.29) is 24.0 Å². The maximum absolute atomic E-state index is 6.05. The molecular formula is C17H33ClIN5. The van der Waals surface area contributed by atoms with Gasteiger partial charge >= 0.3 is 0 Å². The zero-order valence-electron chi connectivity index (χ0n) is 16.0. The van der Waals surface area contributed by atoms with Crippen LogP contribution in [0.5, 0.6) is 0 Å². The van der Waals surface area contributed by atoms with Crippen molar-refractivity contribution in [3.63, 3.8) is 0 Å². The van der Waals surface area contributed by atoms with Crippen LogP contribution in [0.15, 0.2) is 17.3 Å². The van der Waals surface area contributed by atoms with Gasteiger partial charge in [0.05, 0.1) is 11.6 Å². The number of aromatic nitrogens is 1. The molecule has 1 aromatic heterocycles. The highest BCUT2D eigenvalue weighted by atomic mass is 127. The van der Waals surface area contributed by atoms with Crippen LogP contribution < -0.4 is 5.32 Å². The van der Waals surface area contributed by atoms with E-state index in [0.29, 0.717) is 12.1 Å². The molecule has 0 aliphatic rings. The Kier molecular flexibility index (Phi) is 11.0. The molecule has 0 saturated heterocycles. The average molecular weight is 470 g/mol. The molecule has 0 aliphatic heterocycles. The van der Waals surface area contributed by atoms with E-state index in [1.54, 1.807) is 0 Å². The highest BCUT2D eigenvalue weighted by Crippen LogP contribution is 2.14. The summed E-state index contributed by atoms with van der Waals surface area (Å²) in [5, 5.41) is 4.21. The van der Waals surface area contributed by atoms with E-state index in [9.17, 15) is 0 Å². The fourth-order valence-electron chi connectivity index (χ4n) is 2.84. The second-order valence-corrected chi connectivity index (χ2v) is 6.95. The molecular weight excluding hydrogens is 437 g/mol. The average Bonchev–Trinajstić information content (AvgIpc) is 2.75. The molecule has 0 bridgehead atoms. The van der Waals surface area contributed by atoms with Crippen LogP contribution in [0.25, 0.3) is 0 Å². The van der Waals surface area contributed by atoms with Crippen LogP contribution >= 0.6 is 35.6 Å². The molecule has 0 aromatic carbocycles. The number of nitrogens with one attached hydrogen (secondary N) is 1. The summed E-state index contributed by atoms with van der Waals surface area (Å²) >= 11 is 6.05. The van der Waals surface area contributed by atoms with E-state index in [1.807, 2.05) is 38.0 Å². The van der Waals surface area contributed by atoms with Crippen LogP contribution in [-0.4, -0.2) is 59.6 Å². The Labute approximate surface area is 169 Å². The van der Waals surface area contributed by atoms with Crippen molar-refractivity contribution in [2.24, 2.45) is 12.0 Å². The topological polar surface area (TPSA) is 35.8 Å². The van der Waals surface area contributed by atoms with E-state index >= 15 is 0 Å². The Hall–Kier alpha value is -0.470. The summed E-state index contributed by atoms with van der Waals surface area (Å²) in [5.41, 5.74) is 1.16. The van der Waals surface area contributed by atoms with Crippen LogP contribution in [0, 0.1) is 0 Å². The van der Waals surface area contributed by atoms with Crippen LogP contribution in [-0.2, 0) is 13.6 Å². The molecule has 24 heavy (non-hydrogen) atoms. The predicted molar refractivity (Wildman–Crippen MR) is 116 cm³/mol. The molecule has 0 aliphatic carbocycles. The lowest BCUT2D eigenvalue weighted by Gasteiger charge is -2.31. The van der Waals surface area contributed by atoms with E-state index in [1.165, 1.54) is 0 Å². The van der Waals surface area contributed by atoms with Crippen molar-refractivity contribution < 1.29 is 0 Å². The minimum absolute atomic E-state index is 0. The number of aliphatic imine (C=N–C) groups is 1. The first-order chi connectivity index (χ1) is 10.8. The van der Waals surface area contributed by atoms with Gasteiger partial charge in [-0.3, -0.25) is 9.89 Å². The zero-order chi connectivity index (χ0) is 17.6. The van der Waals surface area contributed by atoms with Gasteiger partial charge in [-0.2, -0.15) is 0 Å². The smallest absolute Gasteiger partial charge is 0.193 e. The molecule has 0 fully saturated rings. The van der Waals surface area contributed by atoms with Gasteiger partial charge in [0.25, 0.3) is 0 Å². The molecule has 140 valence electrons. The van der Waals surface area contributed by atoms with Crippen molar-refractivity contribution in [3.05, 3.63) is 23.0 Å². The van der Waals surface area contributed by atoms with Gasteiger partial charge in [0.15, 0.2) is 5.96 Å². The fourth-order valence-corrected chi connectivity index (χ4v) is 3.11. The maximum Gasteiger partial charge on any atom is 0.193 e. The fraction of sp³-hybridized carbons (Fsp3) is 0.706. The Bertz CT molecular complexity index is 505. The predicted octanol–water partition coefficient (Wildman–Crippen LogP) is 3.42. The number of halogens is 2. The highest BCUT2D eigenvalue weighted by molar-refractivity contribution is 14.0. The van der Waals surface area contributed by atoms with E-state index in [2.05, 4.69) is 47.8 Å². The van der Waals surface area contributed by atoms with Crippen LogP contribution in [0.2, 0.25) is 5.02 Å². The summed E-state index contributed by atoms with van der Waals surface area (Å²) < 4.78 is 2.05. The minimum atomic E-state index is 0. The second kappa shape index (κ2) is 11.2. The van der Waals surface area contributed by atoms with Crippen molar-refractivity contribution in [2.45, 2.75) is 46.3 Å². The lowest BCUT2D eigenvalue weighted by Crippen LogP contribution is -2.45. The summed E-state index contributed by atoms with van der Waals surface area (Å²) in [4.78, 5) is 8.96. The first kappa shape index (κ1) is 23.5. The Morgan fingerprint density at radius 2 is 1.88 bits per heavy atom. The van der Waals surface area contributed by atoms with Gasteiger partial charge in [0.1, 0.15) is 0 Å². The van der Waals surface area contributed by atoms with Gasteiger partial charge in [-0.15, -0.1) is 24.0 Å². The highest BCUT2D eigenvalue weighted by Gasteiger charge is 2.14. The number of hydrogen-bond acceptors (Lipinski definition) is 2. The lowest BCUT2D eigenvalue weighted by atomic mass is 10.2. The SMILES string of the molecule is CN=C(NCCN(C(C)C)C(C)C)N(C)Cc1cc(Cl)cn1C.I. The minimum Gasteiger partial charge on any atom is -0.355 e. The number of aryl methyl sites for hydroxylation is 1. The summed E-state index contributed by atoms with van der Waals surface area (Å²) in [6.07, 6.45) is 1.92. The normalized spacial score (nSPS) is 12.0. The first-order valence-corrected chi connectivity index (χ1v) is 8.62. The third-order valence-corrected chi connectivity index (χ3v) is 4.23. The zero-order valence-corrected chi connectivity index (χ0v) is 19.1. The summed E-state index contributed by atoms with van der Waals surface area (Å²) in [5.74, 6) is 0.898. The Balaban J connectivity index is 0.00000529. The van der Waals surface area contributed by atoms with Crippen molar-refractivity contribution >= 4 is 41.5 Å². The molecule has 1 heterocycles. The number of nitrogens with zero attached hydrogens (tertiary/aromatic N) is 4. The molecule has 0 amide bonds. The van der Waals surface area contributed by atoms with Gasteiger partial charge in [0, 0.05) is 58.2 Å². The molecule has 0 radical (unpaired) electrons. The summed E-state index contributed by atoms with van der Waals surface area (Å²) in [6, 6.07) is 3.08. The Morgan fingerprint density at radius 3 is 2.29 bits per heavy atom. The number of rotatable bonds is 7. The third-order valence-electron chi connectivity index (χ3n) is 4.03. The Morgan fingerprint density at radius 1 is 1.29 bits per heavy atom. The van der Waals surface area contributed by atoms with Gasteiger partial charge in [-0.05, 0) is 33.8 Å². The second-order valence-electron chi connectivity index (χ2n) is 6.52. The van der Waals surface area contributed by atoms with Crippen LogP contribution in [0.3, 0.4) is 0 Å². The molecule has 0 unspecified atom stereocenters. The molecule has 1 N–H and O–H groups in total. The van der Waals surface area contributed by atoms with Gasteiger partial charge in [-0.1, -0.05) is 11.6 Å². The van der Waals surface area contributed by atoms with Crippen molar-refractivity contribution in [1.29, 1.82) is 0 Å². The van der Waals surface area contributed by atoms with Crippen LogP contribution in [0.1, 0.15) is 33.4 Å². The van der Waals surface area contributed by atoms with Crippen molar-refractivity contribution in [1.82, 2.24) is 19.7 Å². The summed E-state index contributed by atoms with van der Waals surface area (Å²) in [6.45, 7) is 11.6. The van der Waals surface area contributed by atoms with E-state index in [0.717, 1.165) is 36.3 Å². The molecule has 1 aromatic rings. The quantitative estimate of drug-likeness (QED) is 0.378. The van der Waals surface area contributed by atoms with E-state index < -0.39 is 0 Å². The molecule has 7 heteroatoms. The number of hydrogen-bond donors (Lipinski definition) is 1. The molecule has 5 nitrogen and oxygen atoms in total. The van der Waals surface area contributed by atoms with Crippen molar-refractivity contribution in [2.75, 3.05) is 27.2 Å².